The van der Waals surface area contributed by atoms with Gasteiger partial charge in [0.1, 0.15) is 11.3 Å². The minimum Gasteiger partial charge on any atom is -0.496 e. The van der Waals surface area contributed by atoms with Crippen LogP contribution in [0.1, 0.15) is 10.4 Å². The Labute approximate surface area is 109 Å². The van der Waals surface area contributed by atoms with E-state index < -0.39 is 23.7 Å². The number of ether oxygens (including phenoxy) is 1. The first kappa shape index (κ1) is 15.1. The lowest BCUT2D eigenvalue weighted by atomic mass is 10.1. The van der Waals surface area contributed by atoms with Crippen molar-refractivity contribution < 1.29 is 32.6 Å². The highest BCUT2D eigenvalue weighted by Crippen LogP contribution is 2.32. The zero-order chi connectivity index (χ0) is 14.8. The highest BCUT2D eigenvalue weighted by atomic mass is 35.5. The van der Waals surface area contributed by atoms with E-state index in [0.29, 0.717) is 0 Å². The first-order valence-electron chi connectivity index (χ1n) is 4.65. The summed E-state index contributed by atoms with van der Waals surface area (Å²) in [6, 6.07) is 1.78. The van der Waals surface area contributed by atoms with Crippen LogP contribution in [-0.4, -0.2) is 30.3 Å². The summed E-state index contributed by atoms with van der Waals surface area (Å²) in [4.78, 5) is 21.6. The lowest BCUT2D eigenvalue weighted by molar-refractivity contribution is -0.167. The average Bonchev–Trinajstić information content (AvgIpc) is 2.29. The molecule has 0 radical (unpaired) electrons. The molecule has 1 rings (SSSR count). The van der Waals surface area contributed by atoms with Crippen molar-refractivity contribution in [1.29, 1.82) is 0 Å². The summed E-state index contributed by atoms with van der Waals surface area (Å²) in [6.45, 7) is 0. The second-order valence-corrected chi connectivity index (χ2v) is 3.70. The van der Waals surface area contributed by atoms with Gasteiger partial charge in [0.2, 0.25) is 0 Å². The van der Waals surface area contributed by atoms with Crippen LogP contribution in [0.3, 0.4) is 0 Å². The van der Waals surface area contributed by atoms with Crippen LogP contribution in [0.5, 0.6) is 5.75 Å². The Bertz CT molecular complexity index is 530. The summed E-state index contributed by atoms with van der Waals surface area (Å²) >= 11 is 5.60. The second kappa shape index (κ2) is 5.35. The molecule has 19 heavy (non-hydrogen) atoms. The van der Waals surface area contributed by atoms with Crippen molar-refractivity contribution in [3.05, 3.63) is 22.7 Å². The quantitative estimate of drug-likeness (QED) is 0.899. The molecule has 0 atom stereocenters. The number of hydrogen-bond donors (Lipinski definition) is 2. The molecule has 0 unspecified atom stereocenters. The molecule has 1 aromatic rings. The van der Waals surface area contributed by atoms with E-state index in [4.69, 9.17) is 21.4 Å². The van der Waals surface area contributed by atoms with Gasteiger partial charge < -0.3 is 15.2 Å². The second-order valence-electron chi connectivity index (χ2n) is 3.29. The summed E-state index contributed by atoms with van der Waals surface area (Å²) in [7, 11) is 1.13. The molecule has 5 nitrogen and oxygen atoms in total. The Morgan fingerprint density at radius 2 is 1.95 bits per heavy atom. The van der Waals surface area contributed by atoms with Gasteiger partial charge in [-0.25, -0.2) is 4.79 Å². The topological polar surface area (TPSA) is 75.6 Å². The standard InChI is InChI=1S/C10H7ClF3NO4/c1-19-7-3-6(15-9(18)10(12,13)14)5(11)2-4(7)8(16)17/h2-3H,1H3,(H,15,18)(H,16,17). The summed E-state index contributed by atoms with van der Waals surface area (Å²) in [5.74, 6) is -3.82. The number of aromatic carboxylic acids is 1. The summed E-state index contributed by atoms with van der Waals surface area (Å²) in [6.07, 6.45) is -5.08. The number of anilines is 1. The molecule has 0 spiro atoms. The van der Waals surface area contributed by atoms with Crippen LogP contribution in [0.2, 0.25) is 5.02 Å². The zero-order valence-corrected chi connectivity index (χ0v) is 10.1. The number of hydrogen-bond acceptors (Lipinski definition) is 3. The zero-order valence-electron chi connectivity index (χ0n) is 9.34. The maximum atomic E-state index is 12.1. The molecular weight excluding hydrogens is 291 g/mol. The predicted octanol–water partition coefficient (Wildman–Crippen LogP) is 2.55. The number of carboxylic acids is 1. The number of carbonyl (C=O) groups is 2. The molecule has 2 N–H and O–H groups in total. The summed E-state index contributed by atoms with van der Waals surface area (Å²) in [5.41, 5.74) is -0.733. The number of methoxy groups -OCH3 is 1. The van der Waals surface area contributed by atoms with Gasteiger partial charge in [0, 0.05) is 6.07 Å². The lowest BCUT2D eigenvalue weighted by Crippen LogP contribution is -2.30. The Morgan fingerprint density at radius 1 is 1.37 bits per heavy atom. The van der Waals surface area contributed by atoms with Crippen LogP contribution >= 0.6 is 11.6 Å². The third kappa shape index (κ3) is 3.50. The Balaban J connectivity index is 3.17. The number of halogens is 4. The number of amides is 1. The van der Waals surface area contributed by atoms with Crippen LogP contribution < -0.4 is 10.1 Å². The van der Waals surface area contributed by atoms with Gasteiger partial charge in [0.25, 0.3) is 0 Å². The van der Waals surface area contributed by atoms with E-state index in [1.54, 1.807) is 0 Å². The average molecular weight is 298 g/mol. The van der Waals surface area contributed by atoms with Gasteiger partial charge in [-0.2, -0.15) is 13.2 Å². The molecule has 9 heteroatoms. The summed E-state index contributed by atoms with van der Waals surface area (Å²) in [5, 5.41) is 9.99. The number of rotatable bonds is 3. The molecule has 0 aliphatic rings. The van der Waals surface area contributed by atoms with Crippen LogP contribution in [0, 0.1) is 0 Å². The Morgan fingerprint density at radius 3 is 2.37 bits per heavy atom. The van der Waals surface area contributed by atoms with Crippen LogP contribution in [0.15, 0.2) is 12.1 Å². The number of nitrogens with one attached hydrogen (secondary N) is 1. The van der Waals surface area contributed by atoms with E-state index in [-0.39, 0.29) is 16.3 Å². The van der Waals surface area contributed by atoms with E-state index in [1.165, 1.54) is 5.32 Å². The van der Waals surface area contributed by atoms with E-state index in [0.717, 1.165) is 19.2 Å². The molecule has 0 bridgehead atoms. The number of carbonyl (C=O) groups excluding carboxylic acids is 1. The highest BCUT2D eigenvalue weighted by Gasteiger charge is 2.39. The molecule has 0 fully saturated rings. The first-order valence-corrected chi connectivity index (χ1v) is 5.03. The smallest absolute Gasteiger partial charge is 0.471 e. The number of alkyl halides is 3. The lowest BCUT2D eigenvalue weighted by Gasteiger charge is -2.12. The van der Waals surface area contributed by atoms with Crippen molar-refractivity contribution in [1.82, 2.24) is 0 Å². The third-order valence-electron chi connectivity index (χ3n) is 2.03. The Kier molecular flexibility index (Phi) is 4.25. The van der Waals surface area contributed by atoms with Gasteiger partial charge in [-0.15, -0.1) is 0 Å². The number of carboxylic acid groups (broad SMARTS) is 1. The minimum atomic E-state index is -5.08. The third-order valence-corrected chi connectivity index (χ3v) is 2.34. The monoisotopic (exact) mass is 297 g/mol. The van der Waals surface area contributed by atoms with E-state index in [2.05, 4.69) is 0 Å². The molecule has 0 aromatic heterocycles. The SMILES string of the molecule is COc1cc(NC(=O)C(F)(F)F)c(Cl)cc1C(=O)O. The normalized spacial score (nSPS) is 11.0. The van der Waals surface area contributed by atoms with Crippen molar-refractivity contribution in [2.24, 2.45) is 0 Å². The van der Waals surface area contributed by atoms with Crippen molar-refractivity contribution in [3.8, 4) is 5.75 Å². The van der Waals surface area contributed by atoms with E-state index in [9.17, 15) is 22.8 Å². The van der Waals surface area contributed by atoms with Crippen LogP contribution in [-0.2, 0) is 4.79 Å². The van der Waals surface area contributed by atoms with E-state index >= 15 is 0 Å². The van der Waals surface area contributed by atoms with Crippen molar-refractivity contribution >= 4 is 29.2 Å². The molecule has 104 valence electrons. The van der Waals surface area contributed by atoms with Gasteiger partial charge in [0.15, 0.2) is 0 Å². The van der Waals surface area contributed by atoms with Gasteiger partial charge >= 0.3 is 18.1 Å². The minimum absolute atomic E-state index is 0.227. The fourth-order valence-corrected chi connectivity index (χ4v) is 1.39. The largest absolute Gasteiger partial charge is 0.496 e. The molecule has 0 saturated carbocycles. The molecule has 0 saturated heterocycles. The fourth-order valence-electron chi connectivity index (χ4n) is 1.18. The highest BCUT2D eigenvalue weighted by molar-refractivity contribution is 6.34. The molecule has 0 heterocycles. The first-order chi connectivity index (χ1) is 8.66. The van der Waals surface area contributed by atoms with Gasteiger partial charge in [-0.3, -0.25) is 4.79 Å². The molecule has 1 amide bonds. The Hall–Kier alpha value is -1.96. The van der Waals surface area contributed by atoms with Crippen LogP contribution in [0.4, 0.5) is 18.9 Å². The summed E-state index contributed by atoms with van der Waals surface area (Å²) < 4.78 is 40.9. The van der Waals surface area contributed by atoms with Gasteiger partial charge in [-0.1, -0.05) is 11.6 Å². The fraction of sp³-hybridized carbons (Fsp3) is 0.200. The molecule has 0 aliphatic carbocycles. The van der Waals surface area contributed by atoms with Crippen LogP contribution in [0.25, 0.3) is 0 Å². The molecule has 0 aliphatic heterocycles. The van der Waals surface area contributed by atoms with Gasteiger partial charge in [0.05, 0.1) is 17.8 Å². The van der Waals surface area contributed by atoms with Crippen molar-refractivity contribution in [2.75, 3.05) is 12.4 Å². The maximum absolute atomic E-state index is 12.1. The maximum Gasteiger partial charge on any atom is 0.471 e. The predicted molar refractivity (Wildman–Crippen MR) is 59.6 cm³/mol. The van der Waals surface area contributed by atoms with Crippen molar-refractivity contribution in [2.45, 2.75) is 6.18 Å². The number of benzene rings is 1. The molecular formula is C10H7ClF3NO4. The van der Waals surface area contributed by atoms with Crippen molar-refractivity contribution in [3.63, 3.8) is 0 Å². The molecule has 1 aromatic carbocycles. The van der Waals surface area contributed by atoms with E-state index in [1.807, 2.05) is 0 Å². The van der Waals surface area contributed by atoms with Gasteiger partial charge in [-0.05, 0) is 6.07 Å².